The van der Waals surface area contributed by atoms with E-state index in [1.54, 1.807) is 11.3 Å². The molecule has 0 amide bonds. The van der Waals surface area contributed by atoms with Crippen molar-refractivity contribution in [3.8, 4) is 11.4 Å². The SMILES string of the molecule is CCNc1nc(-c2cscc2C)nc(C)c1Br. The van der Waals surface area contributed by atoms with Crippen molar-refractivity contribution in [2.24, 2.45) is 0 Å². The molecule has 0 aromatic carbocycles. The van der Waals surface area contributed by atoms with Gasteiger partial charge >= 0.3 is 0 Å². The summed E-state index contributed by atoms with van der Waals surface area (Å²) in [5.41, 5.74) is 3.29. The maximum atomic E-state index is 4.56. The van der Waals surface area contributed by atoms with Crippen molar-refractivity contribution < 1.29 is 0 Å². The zero-order chi connectivity index (χ0) is 12.4. The number of aryl methyl sites for hydroxylation is 2. The Kier molecular flexibility index (Phi) is 3.79. The summed E-state index contributed by atoms with van der Waals surface area (Å²) in [5.74, 6) is 1.65. The number of nitrogens with zero attached hydrogens (tertiary/aromatic N) is 2. The molecule has 0 saturated heterocycles. The standard InChI is InChI=1S/C12H14BrN3S/c1-4-14-12-10(13)8(3)15-11(16-12)9-6-17-5-7(9)2/h5-6H,4H2,1-3H3,(H,14,15,16). The summed E-state index contributed by atoms with van der Waals surface area (Å²) in [7, 11) is 0. The second-order valence-electron chi connectivity index (χ2n) is 3.79. The van der Waals surface area contributed by atoms with E-state index in [9.17, 15) is 0 Å². The zero-order valence-corrected chi connectivity index (χ0v) is 12.4. The van der Waals surface area contributed by atoms with Gasteiger partial charge in [0, 0.05) is 17.5 Å². The minimum absolute atomic E-state index is 0.792. The molecule has 0 atom stereocenters. The average Bonchev–Trinajstić information content (AvgIpc) is 2.71. The topological polar surface area (TPSA) is 37.8 Å². The van der Waals surface area contributed by atoms with Crippen LogP contribution in [0.1, 0.15) is 18.2 Å². The minimum atomic E-state index is 0.792. The first-order valence-corrected chi connectivity index (χ1v) is 7.18. The van der Waals surface area contributed by atoms with Gasteiger partial charge < -0.3 is 5.32 Å². The first kappa shape index (κ1) is 12.5. The summed E-state index contributed by atoms with van der Waals surface area (Å²) in [6.07, 6.45) is 0. The monoisotopic (exact) mass is 311 g/mol. The highest BCUT2D eigenvalue weighted by Gasteiger charge is 2.12. The van der Waals surface area contributed by atoms with E-state index in [-0.39, 0.29) is 0 Å². The Labute approximate surface area is 113 Å². The Morgan fingerprint density at radius 3 is 2.65 bits per heavy atom. The van der Waals surface area contributed by atoms with Gasteiger partial charge in [0.1, 0.15) is 5.82 Å². The maximum absolute atomic E-state index is 4.56. The van der Waals surface area contributed by atoms with E-state index in [0.29, 0.717) is 0 Å². The second-order valence-corrected chi connectivity index (χ2v) is 5.33. The molecule has 90 valence electrons. The number of aromatic nitrogens is 2. The lowest BCUT2D eigenvalue weighted by Gasteiger charge is -2.09. The summed E-state index contributed by atoms with van der Waals surface area (Å²) >= 11 is 5.19. The van der Waals surface area contributed by atoms with Crippen LogP contribution in [0.2, 0.25) is 0 Å². The molecular formula is C12H14BrN3S. The van der Waals surface area contributed by atoms with E-state index in [1.165, 1.54) is 5.56 Å². The molecule has 0 unspecified atom stereocenters. The largest absolute Gasteiger partial charge is 0.369 e. The van der Waals surface area contributed by atoms with Crippen molar-refractivity contribution in [2.45, 2.75) is 20.8 Å². The first-order valence-electron chi connectivity index (χ1n) is 5.44. The summed E-state index contributed by atoms with van der Waals surface area (Å²) in [4.78, 5) is 9.09. The fourth-order valence-corrected chi connectivity index (χ4v) is 2.70. The molecule has 2 aromatic heterocycles. The average molecular weight is 312 g/mol. The van der Waals surface area contributed by atoms with E-state index >= 15 is 0 Å². The maximum Gasteiger partial charge on any atom is 0.162 e. The molecule has 0 radical (unpaired) electrons. The Morgan fingerprint density at radius 1 is 1.29 bits per heavy atom. The Bertz CT molecular complexity index is 537. The van der Waals surface area contributed by atoms with Crippen LogP contribution >= 0.6 is 27.3 Å². The summed E-state index contributed by atoms with van der Waals surface area (Å²) in [6, 6.07) is 0. The number of hydrogen-bond donors (Lipinski definition) is 1. The third kappa shape index (κ3) is 2.50. The van der Waals surface area contributed by atoms with Crippen LogP contribution in [0.25, 0.3) is 11.4 Å². The van der Waals surface area contributed by atoms with E-state index in [0.717, 1.165) is 33.9 Å². The van der Waals surface area contributed by atoms with Gasteiger partial charge in [-0.05, 0) is 47.6 Å². The van der Waals surface area contributed by atoms with Crippen molar-refractivity contribution in [2.75, 3.05) is 11.9 Å². The number of rotatable bonds is 3. The Morgan fingerprint density at radius 2 is 2.06 bits per heavy atom. The highest BCUT2D eigenvalue weighted by atomic mass is 79.9. The van der Waals surface area contributed by atoms with E-state index in [1.807, 2.05) is 6.92 Å². The number of hydrogen-bond acceptors (Lipinski definition) is 4. The van der Waals surface area contributed by atoms with Crippen LogP contribution in [0.4, 0.5) is 5.82 Å². The van der Waals surface area contributed by atoms with Gasteiger partial charge in [-0.15, -0.1) is 0 Å². The van der Waals surface area contributed by atoms with Crippen molar-refractivity contribution in [1.29, 1.82) is 0 Å². The number of halogens is 1. The molecule has 1 N–H and O–H groups in total. The van der Waals surface area contributed by atoms with Crippen LogP contribution in [0, 0.1) is 13.8 Å². The molecule has 2 aromatic rings. The van der Waals surface area contributed by atoms with E-state index < -0.39 is 0 Å². The lowest BCUT2D eigenvalue weighted by Crippen LogP contribution is -2.04. The minimum Gasteiger partial charge on any atom is -0.369 e. The molecule has 2 rings (SSSR count). The van der Waals surface area contributed by atoms with Crippen molar-refractivity contribution in [3.05, 3.63) is 26.5 Å². The third-order valence-corrected chi connectivity index (χ3v) is 4.27. The molecule has 0 spiro atoms. The molecule has 2 heterocycles. The lowest BCUT2D eigenvalue weighted by atomic mass is 10.2. The van der Waals surface area contributed by atoms with Gasteiger partial charge in [0.15, 0.2) is 5.82 Å². The smallest absolute Gasteiger partial charge is 0.162 e. The predicted octanol–water partition coefficient (Wildman–Crippen LogP) is 4.02. The van der Waals surface area contributed by atoms with Gasteiger partial charge in [0.05, 0.1) is 10.2 Å². The molecule has 0 fully saturated rings. The Hall–Kier alpha value is -0.940. The zero-order valence-electron chi connectivity index (χ0n) is 10.0. The number of nitrogens with one attached hydrogen (secondary N) is 1. The fourth-order valence-electron chi connectivity index (χ4n) is 1.55. The molecule has 3 nitrogen and oxygen atoms in total. The molecule has 0 bridgehead atoms. The summed E-state index contributed by atoms with van der Waals surface area (Å²) in [6.45, 7) is 6.97. The number of thiophene rings is 1. The third-order valence-electron chi connectivity index (χ3n) is 2.46. The van der Waals surface area contributed by atoms with Crippen LogP contribution in [0.15, 0.2) is 15.2 Å². The van der Waals surface area contributed by atoms with Crippen LogP contribution in [0.5, 0.6) is 0 Å². The van der Waals surface area contributed by atoms with Crippen molar-refractivity contribution in [1.82, 2.24) is 9.97 Å². The van der Waals surface area contributed by atoms with Gasteiger partial charge in [-0.3, -0.25) is 0 Å². The van der Waals surface area contributed by atoms with Crippen LogP contribution in [0.3, 0.4) is 0 Å². The van der Waals surface area contributed by atoms with Gasteiger partial charge in [-0.2, -0.15) is 11.3 Å². The van der Waals surface area contributed by atoms with Gasteiger partial charge in [-0.25, -0.2) is 9.97 Å². The van der Waals surface area contributed by atoms with Crippen molar-refractivity contribution >= 4 is 33.1 Å². The first-order chi connectivity index (χ1) is 8.13. The Balaban J connectivity index is 2.53. The molecule has 0 aliphatic carbocycles. The fraction of sp³-hybridized carbons (Fsp3) is 0.333. The summed E-state index contributed by atoms with van der Waals surface area (Å²) < 4.78 is 0.941. The lowest BCUT2D eigenvalue weighted by molar-refractivity contribution is 1.06. The molecule has 0 saturated carbocycles. The van der Waals surface area contributed by atoms with Gasteiger partial charge in [0.25, 0.3) is 0 Å². The highest BCUT2D eigenvalue weighted by Crippen LogP contribution is 2.29. The van der Waals surface area contributed by atoms with Gasteiger partial charge in [-0.1, -0.05) is 0 Å². The molecule has 0 aliphatic heterocycles. The molecule has 5 heteroatoms. The molecular weight excluding hydrogens is 298 g/mol. The number of anilines is 1. The van der Waals surface area contributed by atoms with Crippen LogP contribution < -0.4 is 5.32 Å². The van der Waals surface area contributed by atoms with E-state index in [2.05, 4.69) is 55.8 Å². The van der Waals surface area contributed by atoms with Gasteiger partial charge in [0.2, 0.25) is 0 Å². The predicted molar refractivity (Wildman–Crippen MR) is 76.7 cm³/mol. The molecule has 17 heavy (non-hydrogen) atoms. The summed E-state index contributed by atoms with van der Waals surface area (Å²) in [5, 5.41) is 7.45. The normalized spacial score (nSPS) is 10.6. The second kappa shape index (κ2) is 5.14. The van der Waals surface area contributed by atoms with Crippen molar-refractivity contribution in [3.63, 3.8) is 0 Å². The molecule has 0 aliphatic rings. The highest BCUT2D eigenvalue weighted by molar-refractivity contribution is 9.10. The quantitative estimate of drug-likeness (QED) is 0.930. The van der Waals surface area contributed by atoms with Crippen LogP contribution in [-0.2, 0) is 0 Å². The van der Waals surface area contributed by atoms with E-state index in [4.69, 9.17) is 0 Å². The van der Waals surface area contributed by atoms with Crippen LogP contribution in [-0.4, -0.2) is 16.5 Å².